The molecule has 0 aliphatic carbocycles. The van der Waals surface area contributed by atoms with Crippen molar-refractivity contribution in [2.75, 3.05) is 14.2 Å². The van der Waals surface area contributed by atoms with E-state index in [2.05, 4.69) is 0 Å². The molecule has 0 unspecified atom stereocenters. The van der Waals surface area contributed by atoms with Gasteiger partial charge >= 0.3 is 0 Å². The molecule has 15 heavy (non-hydrogen) atoms. The topological polar surface area (TPSA) is 68.3 Å². The van der Waals surface area contributed by atoms with Crippen molar-refractivity contribution in [1.82, 2.24) is 0 Å². The summed E-state index contributed by atoms with van der Waals surface area (Å²) in [6, 6.07) is 7.11. The highest BCUT2D eigenvalue weighted by Gasteiger charge is 2.05. The van der Waals surface area contributed by atoms with Gasteiger partial charge in [-0.3, -0.25) is 0 Å². The first-order valence-electron chi connectivity index (χ1n) is 4.30. The first-order valence-corrected chi connectivity index (χ1v) is 4.30. The first kappa shape index (κ1) is 10.9. The molecule has 0 amide bonds. The summed E-state index contributed by atoms with van der Waals surface area (Å²) in [7, 11) is 3.11. The highest BCUT2D eigenvalue weighted by atomic mass is 16.5. The van der Waals surface area contributed by atoms with E-state index in [1.807, 2.05) is 6.07 Å². The number of rotatable bonds is 3. The summed E-state index contributed by atoms with van der Waals surface area (Å²) in [5.41, 5.74) is 6.79. The Morgan fingerprint density at radius 3 is 2.53 bits per heavy atom. The molecule has 0 fully saturated rings. The van der Waals surface area contributed by atoms with E-state index in [1.54, 1.807) is 32.4 Å². The van der Waals surface area contributed by atoms with Crippen LogP contribution in [0.2, 0.25) is 0 Å². The Morgan fingerprint density at radius 1 is 1.33 bits per heavy atom. The molecule has 0 heterocycles. The minimum Gasteiger partial charge on any atom is -0.493 e. The van der Waals surface area contributed by atoms with Crippen molar-refractivity contribution in [1.29, 1.82) is 5.26 Å². The predicted octanol–water partition coefficient (Wildman–Crippen LogP) is 1.53. The summed E-state index contributed by atoms with van der Waals surface area (Å²) >= 11 is 0. The van der Waals surface area contributed by atoms with Gasteiger partial charge in [0.2, 0.25) is 0 Å². The molecule has 1 aromatic rings. The molecular formula is C11H12N2O2. The van der Waals surface area contributed by atoms with Crippen LogP contribution in [0.25, 0.3) is 5.70 Å². The van der Waals surface area contributed by atoms with Gasteiger partial charge in [-0.05, 0) is 18.2 Å². The minimum absolute atomic E-state index is 0.401. The summed E-state index contributed by atoms with van der Waals surface area (Å²) < 4.78 is 10.2. The van der Waals surface area contributed by atoms with E-state index in [-0.39, 0.29) is 0 Å². The zero-order valence-corrected chi connectivity index (χ0v) is 8.65. The van der Waals surface area contributed by atoms with Crippen molar-refractivity contribution in [3.63, 3.8) is 0 Å². The van der Waals surface area contributed by atoms with Gasteiger partial charge in [0.05, 0.1) is 20.3 Å². The normalized spacial score (nSPS) is 10.6. The van der Waals surface area contributed by atoms with E-state index in [1.165, 1.54) is 6.08 Å². The van der Waals surface area contributed by atoms with Crippen LogP contribution in [0.1, 0.15) is 5.56 Å². The summed E-state index contributed by atoms with van der Waals surface area (Å²) in [5.74, 6) is 1.22. The first-order chi connectivity index (χ1) is 7.22. The van der Waals surface area contributed by atoms with Gasteiger partial charge < -0.3 is 15.2 Å². The van der Waals surface area contributed by atoms with Gasteiger partial charge in [-0.25, -0.2) is 0 Å². The van der Waals surface area contributed by atoms with Gasteiger partial charge in [0.25, 0.3) is 0 Å². The quantitative estimate of drug-likeness (QED) is 0.758. The number of methoxy groups -OCH3 is 2. The van der Waals surface area contributed by atoms with E-state index < -0.39 is 0 Å². The molecule has 0 aliphatic heterocycles. The number of benzene rings is 1. The summed E-state index contributed by atoms with van der Waals surface area (Å²) in [4.78, 5) is 0. The molecule has 2 N–H and O–H groups in total. The Balaban J connectivity index is 3.15. The lowest BCUT2D eigenvalue weighted by Crippen LogP contribution is -1.97. The van der Waals surface area contributed by atoms with Crippen molar-refractivity contribution in [2.24, 2.45) is 5.73 Å². The van der Waals surface area contributed by atoms with Gasteiger partial charge in [0, 0.05) is 17.3 Å². The molecule has 0 radical (unpaired) electrons. The highest BCUT2D eigenvalue weighted by Crippen LogP contribution is 2.28. The largest absolute Gasteiger partial charge is 0.493 e. The maximum Gasteiger partial charge on any atom is 0.161 e. The van der Waals surface area contributed by atoms with Gasteiger partial charge in [-0.15, -0.1) is 0 Å². The monoisotopic (exact) mass is 204 g/mol. The van der Waals surface area contributed by atoms with Gasteiger partial charge in [0.15, 0.2) is 11.5 Å². The molecule has 0 atom stereocenters. The summed E-state index contributed by atoms with van der Waals surface area (Å²) in [6.45, 7) is 0. The smallest absolute Gasteiger partial charge is 0.161 e. The molecule has 0 saturated heterocycles. The Hall–Kier alpha value is -2.15. The maximum absolute atomic E-state index is 8.46. The lowest BCUT2D eigenvalue weighted by atomic mass is 10.1. The van der Waals surface area contributed by atoms with Crippen molar-refractivity contribution in [2.45, 2.75) is 0 Å². The predicted molar refractivity (Wildman–Crippen MR) is 57.3 cm³/mol. The van der Waals surface area contributed by atoms with Crippen LogP contribution in [0.3, 0.4) is 0 Å². The molecule has 0 aromatic heterocycles. The average Bonchev–Trinajstić information content (AvgIpc) is 2.28. The van der Waals surface area contributed by atoms with E-state index >= 15 is 0 Å². The Labute approximate surface area is 88.5 Å². The number of nitriles is 1. The van der Waals surface area contributed by atoms with Gasteiger partial charge in [-0.1, -0.05) is 0 Å². The van der Waals surface area contributed by atoms with Crippen LogP contribution in [-0.2, 0) is 0 Å². The molecule has 1 aromatic carbocycles. The summed E-state index contributed by atoms with van der Waals surface area (Å²) in [5, 5.41) is 8.46. The second kappa shape index (κ2) is 4.91. The van der Waals surface area contributed by atoms with Crippen LogP contribution in [0.5, 0.6) is 11.5 Å². The van der Waals surface area contributed by atoms with Crippen molar-refractivity contribution in [3.8, 4) is 17.6 Å². The Kier molecular flexibility index (Phi) is 3.58. The number of allylic oxidation sites excluding steroid dienone is 1. The number of hydrogen-bond acceptors (Lipinski definition) is 4. The van der Waals surface area contributed by atoms with Crippen LogP contribution < -0.4 is 15.2 Å². The highest BCUT2D eigenvalue weighted by molar-refractivity contribution is 5.67. The molecule has 78 valence electrons. The van der Waals surface area contributed by atoms with E-state index in [4.69, 9.17) is 20.5 Å². The number of nitrogens with two attached hydrogens (primary N) is 1. The molecule has 4 heteroatoms. The molecule has 4 nitrogen and oxygen atoms in total. The Bertz CT molecular complexity index is 419. The maximum atomic E-state index is 8.46. The fraction of sp³-hybridized carbons (Fsp3) is 0.182. The SMILES string of the molecule is COc1ccc(/C(N)=C/C#N)cc1OC. The van der Waals surface area contributed by atoms with E-state index in [9.17, 15) is 0 Å². The zero-order valence-electron chi connectivity index (χ0n) is 8.65. The fourth-order valence-corrected chi connectivity index (χ4v) is 1.17. The van der Waals surface area contributed by atoms with Crippen molar-refractivity contribution in [3.05, 3.63) is 29.8 Å². The summed E-state index contributed by atoms with van der Waals surface area (Å²) in [6.07, 6.45) is 1.28. The second-order valence-electron chi connectivity index (χ2n) is 2.80. The van der Waals surface area contributed by atoms with Crippen LogP contribution in [0.4, 0.5) is 0 Å². The lowest BCUT2D eigenvalue weighted by molar-refractivity contribution is 0.355. The van der Waals surface area contributed by atoms with E-state index in [0.717, 1.165) is 5.56 Å². The van der Waals surface area contributed by atoms with Crippen LogP contribution in [-0.4, -0.2) is 14.2 Å². The van der Waals surface area contributed by atoms with Crippen LogP contribution in [0.15, 0.2) is 24.3 Å². The standard InChI is InChI=1S/C11H12N2O2/c1-14-10-4-3-8(7-11(10)15-2)9(13)5-6-12/h3-5,7H,13H2,1-2H3/b9-5-. The minimum atomic E-state index is 0.401. The third-order valence-corrected chi connectivity index (χ3v) is 1.94. The molecule has 0 spiro atoms. The molecule has 0 aliphatic rings. The zero-order chi connectivity index (χ0) is 11.3. The number of nitrogens with zero attached hydrogens (tertiary/aromatic N) is 1. The molecule has 1 rings (SSSR count). The van der Waals surface area contributed by atoms with E-state index in [0.29, 0.717) is 17.2 Å². The van der Waals surface area contributed by atoms with Gasteiger partial charge in [-0.2, -0.15) is 5.26 Å². The molecular weight excluding hydrogens is 192 g/mol. The third-order valence-electron chi connectivity index (χ3n) is 1.94. The van der Waals surface area contributed by atoms with Crippen molar-refractivity contribution >= 4 is 5.70 Å². The molecule has 0 saturated carbocycles. The third kappa shape index (κ3) is 2.41. The average molecular weight is 204 g/mol. The van der Waals surface area contributed by atoms with Crippen molar-refractivity contribution < 1.29 is 9.47 Å². The molecule has 0 bridgehead atoms. The second-order valence-corrected chi connectivity index (χ2v) is 2.80. The van der Waals surface area contributed by atoms with Crippen LogP contribution in [0, 0.1) is 11.3 Å². The fourth-order valence-electron chi connectivity index (χ4n) is 1.17. The number of ether oxygens (including phenoxy) is 2. The Morgan fingerprint density at radius 2 is 2.00 bits per heavy atom. The van der Waals surface area contributed by atoms with Crippen LogP contribution >= 0.6 is 0 Å². The lowest BCUT2D eigenvalue weighted by Gasteiger charge is -2.09. The number of hydrogen-bond donors (Lipinski definition) is 1. The van der Waals surface area contributed by atoms with Gasteiger partial charge in [0.1, 0.15) is 0 Å².